The van der Waals surface area contributed by atoms with E-state index in [9.17, 15) is 34.2 Å². The highest BCUT2D eigenvalue weighted by Gasteiger charge is 2.45. The van der Waals surface area contributed by atoms with Crippen LogP contribution in [0.15, 0.2) is 87.7 Å². The van der Waals surface area contributed by atoms with E-state index in [1.54, 1.807) is 46.9 Å². The molecule has 1 aliphatic carbocycles. The number of fused-ring (bicyclic) bond motifs is 4. The number of hydrogen-bond acceptors (Lipinski definition) is 15. The van der Waals surface area contributed by atoms with Crippen molar-refractivity contribution in [1.82, 2.24) is 40.6 Å². The molecule has 0 spiro atoms. The lowest BCUT2D eigenvalue weighted by Crippen LogP contribution is -2.57. The van der Waals surface area contributed by atoms with Gasteiger partial charge in [0, 0.05) is 72.0 Å². The first kappa shape index (κ1) is 55.2. The van der Waals surface area contributed by atoms with Crippen LogP contribution in [0.2, 0.25) is 0 Å². The third-order valence-electron chi connectivity index (χ3n) is 16.2. The Morgan fingerprint density at radius 3 is 2.33 bits per heavy atom. The minimum absolute atomic E-state index is 0.00152. The number of aliphatic imine (C=N–C) groups is 1. The van der Waals surface area contributed by atoms with Crippen molar-refractivity contribution in [2.45, 2.75) is 130 Å². The quantitative estimate of drug-likeness (QED) is 0.0649. The van der Waals surface area contributed by atoms with Crippen molar-refractivity contribution < 1.29 is 43.3 Å². The average Bonchev–Trinajstić information content (AvgIpc) is 4.36. The molecule has 6 atom stereocenters. The van der Waals surface area contributed by atoms with Gasteiger partial charge in [0.05, 0.1) is 46.3 Å². The molecule has 3 aromatic carbocycles. The molecule has 0 bridgehead atoms. The predicted octanol–water partition coefficient (Wildman–Crippen LogP) is 8.34. The molecule has 4 aliphatic rings. The summed E-state index contributed by atoms with van der Waals surface area (Å²) in [7, 11) is 0. The minimum atomic E-state index is -1.06. The number of carboxylic acids is 1. The lowest BCUT2D eigenvalue weighted by atomic mass is 9.85. The van der Waals surface area contributed by atoms with Gasteiger partial charge in [-0.1, -0.05) is 57.2 Å². The molecule has 4 aromatic heterocycles. The average molecular weight is 1140 g/mol. The van der Waals surface area contributed by atoms with E-state index in [0.717, 1.165) is 66.2 Å². The van der Waals surface area contributed by atoms with Gasteiger partial charge in [0.25, 0.3) is 5.91 Å². The Bertz CT molecular complexity index is 3610. The van der Waals surface area contributed by atoms with Crippen LogP contribution in [0.4, 0.5) is 5.69 Å². The van der Waals surface area contributed by atoms with E-state index in [0.29, 0.717) is 54.2 Å². The maximum absolute atomic E-state index is 14.4. The number of rotatable bonds is 15. The third kappa shape index (κ3) is 11.1. The Kier molecular flexibility index (Phi) is 15.0. The molecular weight excluding hydrogens is 1070 g/mol. The van der Waals surface area contributed by atoms with Gasteiger partial charge in [0.15, 0.2) is 11.6 Å². The zero-order valence-corrected chi connectivity index (χ0v) is 48.1. The van der Waals surface area contributed by atoms with E-state index >= 15 is 0 Å². The molecule has 3 aliphatic heterocycles. The summed E-state index contributed by atoms with van der Waals surface area (Å²) in [6.45, 7) is 16.6. The molecule has 5 N–H and O–H groups in total. The molecule has 1 saturated carbocycles. The number of nitrogens with zero attached hydrogens (tertiary/aromatic N) is 7. The summed E-state index contributed by atoms with van der Waals surface area (Å²) in [6.07, 6.45) is 0.792. The lowest BCUT2D eigenvalue weighted by molar-refractivity contribution is -0.142. The zero-order valence-electron chi connectivity index (χ0n) is 46.5. The van der Waals surface area contributed by atoms with Gasteiger partial charge in [0.1, 0.15) is 46.4 Å². The molecule has 7 aromatic rings. The van der Waals surface area contributed by atoms with Crippen LogP contribution in [0.3, 0.4) is 0 Å². The van der Waals surface area contributed by atoms with Gasteiger partial charge in [-0.15, -0.1) is 32.9 Å². The number of aliphatic hydroxyl groups is 1. The Hall–Kier alpha value is -7.75. The van der Waals surface area contributed by atoms with Crippen LogP contribution >= 0.6 is 22.7 Å². The Labute approximate surface area is 476 Å². The number of anilines is 1. The number of likely N-dealkylation sites (tertiary alicyclic amines) is 1. The fourth-order valence-electron chi connectivity index (χ4n) is 11.4. The number of hydrogen-bond donors (Lipinski definition) is 5. The maximum atomic E-state index is 14.4. The van der Waals surface area contributed by atoms with Gasteiger partial charge in [-0.05, 0) is 99.5 Å². The van der Waals surface area contributed by atoms with Crippen LogP contribution in [0.5, 0.6) is 5.75 Å². The standard InChI is InChI=1S/C60H66N10O9S2/c1-30-33(4)81-59-50(30)51(64-45(26-49(72)73)54-67-66-34(5)70(54)59)36-13-15-41(16-14-36)68-20-19-38(27-68)55(74)63-40-23-44(24-40)78-43-17-18-47-39(21-43)22-48(79-47)57(76)65-53(60(6,7)8)58(77)69-28-42(71)25-46(69)56(75)62-31(2)35-9-11-37(12-10-35)52-32(3)61-29-80-52/h9-18,21-22,29,31,38,40,42,44-46,53,71H,19-20,23-28H2,1-8H3,(H,62,75)(H,63,74)(H,65,76)(H,72,73)/t31?,38?,40?,42-,44?,45+,46+,53?/m1/s1. The van der Waals surface area contributed by atoms with Crippen molar-refractivity contribution in [1.29, 1.82) is 0 Å². The molecule has 4 amide bonds. The van der Waals surface area contributed by atoms with Gasteiger partial charge in [-0.3, -0.25) is 33.5 Å². The van der Waals surface area contributed by atoms with Crippen molar-refractivity contribution in [3.63, 3.8) is 0 Å². The van der Waals surface area contributed by atoms with Crippen molar-refractivity contribution in [2.75, 3.05) is 24.5 Å². The molecule has 2 saturated heterocycles. The van der Waals surface area contributed by atoms with E-state index < -0.39 is 53.3 Å². The maximum Gasteiger partial charge on any atom is 0.306 e. The second-order valence-electron chi connectivity index (χ2n) is 23.0. The van der Waals surface area contributed by atoms with E-state index in [1.165, 1.54) is 4.90 Å². The van der Waals surface area contributed by atoms with Crippen LogP contribution in [0, 0.1) is 39.0 Å². The topological polar surface area (TPSA) is 247 Å². The third-order valence-corrected chi connectivity index (χ3v) is 18.3. The van der Waals surface area contributed by atoms with E-state index in [1.807, 2.05) is 100 Å². The molecular formula is C60H66N10O9S2. The summed E-state index contributed by atoms with van der Waals surface area (Å²) >= 11 is 3.19. The van der Waals surface area contributed by atoms with Crippen molar-refractivity contribution in [3.05, 3.63) is 129 Å². The number of benzene rings is 3. The Morgan fingerprint density at radius 2 is 1.63 bits per heavy atom. The van der Waals surface area contributed by atoms with Gasteiger partial charge in [-0.25, -0.2) is 4.98 Å². The number of amides is 4. The van der Waals surface area contributed by atoms with Gasteiger partial charge in [0.2, 0.25) is 17.7 Å². The SMILES string of the molecule is Cc1ncsc1-c1ccc(C(C)NC(=O)[C@@H]2C[C@@H](O)CN2C(=O)C(NC(=O)c2cc3cc(OC4CC(NC(=O)C5CCN(c6ccc(C7=N[C@@H](CC(=O)O)c8nnc(C)n8-c8sc(C)c(C)c87)cc6)C5)C4)ccc3o2)C(C)(C)C)cc1. The van der Waals surface area contributed by atoms with Gasteiger partial charge < -0.3 is 45.1 Å². The van der Waals surface area contributed by atoms with Gasteiger partial charge in [-0.2, -0.15) is 0 Å². The monoisotopic (exact) mass is 1130 g/mol. The molecule has 21 heteroatoms. The first-order valence-corrected chi connectivity index (χ1v) is 29.2. The molecule has 422 valence electrons. The number of aromatic nitrogens is 4. The number of aliphatic hydroxyl groups excluding tert-OH is 1. The first-order valence-electron chi connectivity index (χ1n) is 27.5. The summed E-state index contributed by atoms with van der Waals surface area (Å²) in [5.74, 6) is -0.834. The number of carbonyl (C=O) groups is 5. The molecule has 3 fully saturated rings. The number of carboxylic acid groups (broad SMARTS) is 1. The number of aryl methyl sites for hydroxylation is 3. The molecule has 3 unspecified atom stereocenters. The minimum Gasteiger partial charge on any atom is -0.490 e. The van der Waals surface area contributed by atoms with Crippen molar-refractivity contribution in [2.24, 2.45) is 16.3 Å². The molecule has 11 rings (SSSR count). The van der Waals surface area contributed by atoms with Crippen LogP contribution < -0.4 is 25.6 Å². The van der Waals surface area contributed by atoms with E-state index in [4.69, 9.17) is 14.1 Å². The second-order valence-corrected chi connectivity index (χ2v) is 25.0. The number of thiophene rings is 1. The summed E-state index contributed by atoms with van der Waals surface area (Å²) in [6, 6.07) is 19.8. The normalized spacial score (nSPS) is 21.3. The van der Waals surface area contributed by atoms with E-state index in [2.05, 4.69) is 49.9 Å². The summed E-state index contributed by atoms with van der Waals surface area (Å²) < 4.78 is 14.3. The molecule has 19 nitrogen and oxygen atoms in total. The van der Waals surface area contributed by atoms with Crippen LogP contribution in [0.25, 0.3) is 26.4 Å². The van der Waals surface area contributed by atoms with Crippen molar-refractivity contribution in [3.8, 4) is 21.2 Å². The Balaban J connectivity index is 0.668. The predicted molar refractivity (Wildman–Crippen MR) is 308 cm³/mol. The van der Waals surface area contributed by atoms with Crippen LogP contribution in [0.1, 0.15) is 127 Å². The first-order chi connectivity index (χ1) is 38.7. The summed E-state index contributed by atoms with van der Waals surface area (Å²) in [5, 5.41) is 40.0. The molecule has 7 heterocycles. The number of carbonyl (C=O) groups excluding carboxylic acids is 4. The van der Waals surface area contributed by atoms with Crippen LogP contribution in [-0.2, 0) is 19.2 Å². The lowest BCUT2D eigenvalue weighted by Gasteiger charge is -2.36. The number of ether oxygens (including phenoxy) is 1. The largest absolute Gasteiger partial charge is 0.490 e. The fourth-order valence-corrected chi connectivity index (χ4v) is 13.5. The highest BCUT2D eigenvalue weighted by Crippen LogP contribution is 2.41. The second kappa shape index (κ2) is 22.0. The number of furan rings is 1. The molecule has 81 heavy (non-hydrogen) atoms. The molecule has 0 radical (unpaired) electrons. The van der Waals surface area contributed by atoms with Crippen molar-refractivity contribution >= 4 is 74.6 Å². The highest BCUT2D eigenvalue weighted by molar-refractivity contribution is 7.15. The zero-order chi connectivity index (χ0) is 57.2. The smallest absolute Gasteiger partial charge is 0.306 e. The number of thiazole rings is 1. The van der Waals surface area contributed by atoms with E-state index in [-0.39, 0.29) is 55.2 Å². The highest BCUT2D eigenvalue weighted by atomic mass is 32.1. The Morgan fingerprint density at radius 1 is 0.889 bits per heavy atom. The number of aliphatic carboxylic acids is 1. The van der Waals surface area contributed by atoms with Gasteiger partial charge >= 0.3 is 5.97 Å². The number of nitrogens with one attached hydrogen (secondary N) is 3. The summed E-state index contributed by atoms with van der Waals surface area (Å²) in [4.78, 5) is 83.0. The van der Waals surface area contributed by atoms with Crippen LogP contribution in [-0.4, -0.2) is 120 Å². The number of β-amino-alcohol motifs (C(OH)–C–C–N with tert-alkyl or cyclic N) is 1. The fraction of sp³-hybridized carbons (Fsp3) is 0.417. The summed E-state index contributed by atoms with van der Waals surface area (Å²) in [5.41, 5.74) is 8.97.